The zero-order chi connectivity index (χ0) is 18.1. The smallest absolute Gasteiger partial charge is 0.330 e. The minimum atomic E-state index is -0.398. The van der Waals surface area contributed by atoms with E-state index in [0.717, 1.165) is 17.3 Å². The number of carbonyl (C=O) groups excluding carboxylic acids is 2. The van der Waals surface area contributed by atoms with Crippen molar-refractivity contribution >= 4 is 35.4 Å². The molecule has 0 aliphatic heterocycles. The van der Waals surface area contributed by atoms with Gasteiger partial charge in [0, 0.05) is 16.7 Å². The van der Waals surface area contributed by atoms with E-state index in [9.17, 15) is 14.0 Å². The fourth-order valence-corrected chi connectivity index (χ4v) is 2.67. The van der Waals surface area contributed by atoms with Crippen LogP contribution in [0.25, 0.3) is 6.08 Å². The van der Waals surface area contributed by atoms with Crippen LogP contribution in [-0.2, 0) is 14.3 Å². The molecule has 0 fully saturated rings. The van der Waals surface area contributed by atoms with Gasteiger partial charge in [0.2, 0.25) is 5.91 Å². The van der Waals surface area contributed by atoms with Crippen molar-refractivity contribution < 1.29 is 18.7 Å². The maximum absolute atomic E-state index is 13.5. The van der Waals surface area contributed by atoms with Crippen LogP contribution in [0.4, 0.5) is 10.1 Å². The summed E-state index contributed by atoms with van der Waals surface area (Å²) in [5.41, 5.74) is 1.44. The number of anilines is 1. The first-order valence-corrected chi connectivity index (χ1v) is 8.69. The number of hydrogen-bond acceptors (Lipinski definition) is 4. The maximum atomic E-state index is 13.5. The van der Waals surface area contributed by atoms with Crippen molar-refractivity contribution in [3.8, 4) is 0 Å². The van der Waals surface area contributed by atoms with Crippen LogP contribution < -0.4 is 5.32 Å². The molecule has 25 heavy (non-hydrogen) atoms. The lowest BCUT2D eigenvalue weighted by Crippen LogP contribution is -2.14. The summed E-state index contributed by atoms with van der Waals surface area (Å²) < 4.78 is 18.3. The van der Waals surface area contributed by atoms with Gasteiger partial charge in [-0.2, -0.15) is 0 Å². The lowest BCUT2D eigenvalue weighted by molar-refractivity contribution is -0.137. The van der Waals surface area contributed by atoms with E-state index < -0.39 is 5.97 Å². The lowest BCUT2D eigenvalue weighted by atomic mass is 10.2. The quantitative estimate of drug-likeness (QED) is 0.459. The summed E-state index contributed by atoms with van der Waals surface area (Å²) in [6, 6.07) is 13.3. The Morgan fingerprint density at radius 3 is 2.56 bits per heavy atom. The molecule has 0 aliphatic carbocycles. The highest BCUT2D eigenvalue weighted by Crippen LogP contribution is 2.21. The molecule has 0 bridgehead atoms. The minimum Gasteiger partial charge on any atom is -0.463 e. The van der Waals surface area contributed by atoms with Crippen LogP contribution in [-0.4, -0.2) is 24.2 Å². The fourth-order valence-electron chi connectivity index (χ4n) is 1.93. The van der Waals surface area contributed by atoms with E-state index in [4.69, 9.17) is 4.74 Å². The molecular weight excluding hydrogens is 341 g/mol. The number of benzene rings is 2. The van der Waals surface area contributed by atoms with Crippen molar-refractivity contribution in [2.24, 2.45) is 0 Å². The second-order valence-corrected chi connectivity index (χ2v) is 5.99. The predicted molar refractivity (Wildman–Crippen MR) is 97.9 cm³/mol. The van der Waals surface area contributed by atoms with E-state index in [1.165, 1.54) is 12.1 Å². The largest absolute Gasteiger partial charge is 0.463 e. The second kappa shape index (κ2) is 9.64. The summed E-state index contributed by atoms with van der Waals surface area (Å²) in [7, 11) is 0. The van der Waals surface area contributed by atoms with Gasteiger partial charge in [0.1, 0.15) is 5.82 Å². The summed E-state index contributed by atoms with van der Waals surface area (Å²) in [5.74, 6) is -0.836. The molecule has 0 aromatic heterocycles. The van der Waals surface area contributed by atoms with Gasteiger partial charge < -0.3 is 10.1 Å². The van der Waals surface area contributed by atoms with Crippen LogP contribution in [0.2, 0.25) is 0 Å². The number of amides is 1. The average molecular weight is 359 g/mol. The third kappa shape index (κ3) is 6.43. The molecule has 6 heteroatoms. The summed E-state index contributed by atoms with van der Waals surface area (Å²) >= 11 is 1.14. The Balaban J connectivity index is 1.85. The van der Waals surface area contributed by atoms with Crippen molar-refractivity contribution in [3.63, 3.8) is 0 Å². The third-order valence-electron chi connectivity index (χ3n) is 3.09. The summed E-state index contributed by atoms with van der Waals surface area (Å²) in [5, 5.41) is 2.75. The Morgan fingerprint density at radius 1 is 1.16 bits per heavy atom. The number of esters is 1. The molecule has 0 spiro atoms. The van der Waals surface area contributed by atoms with Gasteiger partial charge in [-0.15, -0.1) is 11.8 Å². The zero-order valence-electron chi connectivity index (χ0n) is 13.7. The first-order chi connectivity index (χ1) is 12.1. The van der Waals surface area contributed by atoms with Gasteiger partial charge in [0.25, 0.3) is 0 Å². The first-order valence-electron chi connectivity index (χ1n) is 7.70. The molecule has 0 saturated carbocycles. The van der Waals surface area contributed by atoms with Crippen LogP contribution in [0.3, 0.4) is 0 Å². The molecular formula is C19H18FNO3S. The van der Waals surface area contributed by atoms with E-state index in [2.05, 4.69) is 5.32 Å². The Bertz CT molecular complexity index is 760. The molecule has 0 aliphatic rings. The lowest BCUT2D eigenvalue weighted by Gasteiger charge is -2.06. The van der Waals surface area contributed by atoms with Crippen molar-refractivity contribution in [1.82, 2.24) is 0 Å². The van der Waals surface area contributed by atoms with Gasteiger partial charge >= 0.3 is 5.97 Å². The Kier molecular flexibility index (Phi) is 7.22. The highest BCUT2D eigenvalue weighted by Gasteiger charge is 2.06. The van der Waals surface area contributed by atoms with Gasteiger partial charge in [-0.25, -0.2) is 9.18 Å². The van der Waals surface area contributed by atoms with Crippen LogP contribution in [0.1, 0.15) is 12.5 Å². The number of rotatable bonds is 7. The van der Waals surface area contributed by atoms with Crippen molar-refractivity contribution in [2.45, 2.75) is 11.8 Å². The van der Waals surface area contributed by atoms with Crippen LogP contribution >= 0.6 is 11.8 Å². The highest BCUT2D eigenvalue weighted by molar-refractivity contribution is 8.00. The van der Waals surface area contributed by atoms with Gasteiger partial charge in [-0.05, 0) is 42.8 Å². The Hall–Kier alpha value is -2.60. The van der Waals surface area contributed by atoms with Crippen LogP contribution in [0, 0.1) is 5.82 Å². The number of halogens is 1. The second-order valence-electron chi connectivity index (χ2n) is 4.97. The molecule has 0 atom stereocenters. The Morgan fingerprint density at radius 2 is 1.88 bits per heavy atom. The Labute approximate surface area is 150 Å². The third-order valence-corrected chi connectivity index (χ3v) is 4.14. The minimum absolute atomic E-state index is 0.117. The topological polar surface area (TPSA) is 55.4 Å². The fraction of sp³-hybridized carbons (Fsp3) is 0.158. The maximum Gasteiger partial charge on any atom is 0.330 e. The zero-order valence-corrected chi connectivity index (χ0v) is 14.5. The number of carbonyl (C=O) groups is 2. The summed E-state index contributed by atoms with van der Waals surface area (Å²) in [4.78, 5) is 23.6. The average Bonchev–Trinajstić information content (AvgIpc) is 2.61. The van der Waals surface area contributed by atoms with Crippen molar-refractivity contribution in [2.75, 3.05) is 17.7 Å². The van der Waals surface area contributed by atoms with E-state index in [-0.39, 0.29) is 17.5 Å². The van der Waals surface area contributed by atoms with E-state index >= 15 is 0 Å². The van der Waals surface area contributed by atoms with Gasteiger partial charge in [0.05, 0.1) is 12.4 Å². The normalized spacial score (nSPS) is 10.6. The number of nitrogens with one attached hydrogen (secondary N) is 1. The predicted octanol–water partition coefficient (Wildman–Crippen LogP) is 4.13. The van der Waals surface area contributed by atoms with Gasteiger partial charge in [-0.3, -0.25) is 4.79 Å². The van der Waals surface area contributed by atoms with E-state index in [1.807, 2.05) is 0 Å². The molecule has 0 radical (unpaired) electrons. The molecule has 130 valence electrons. The van der Waals surface area contributed by atoms with Crippen molar-refractivity contribution in [1.29, 1.82) is 0 Å². The molecule has 2 aromatic carbocycles. The molecule has 0 unspecified atom stereocenters. The standard InChI is InChI=1S/C19H18FNO3S/c1-2-24-19(23)12-9-14-7-10-15(11-8-14)21-18(22)13-25-17-6-4-3-5-16(17)20/h3-12H,2,13H2,1H3,(H,21,22)/b12-9+. The summed E-state index contributed by atoms with van der Waals surface area (Å²) in [6.07, 6.45) is 2.99. The number of ether oxygens (including phenoxy) is 1. The number of hydrogen-bond donors (Lipinski definition) is 1. The molecule has 4 nitrogen and oxygen atoms in total. The molecule has 0 saturated heterocycles. The molecule has 1 amide bonds. The van der Waals surface area contributed by atoms with Gasteiger partial charge in [0.15, 0.2) is 0 Å². The first kappa shape index (κ1) is 18.7. The summed E-state index contributed by atoms with van der Waals surface area (Å²) in [6.45, 7) is 2.08. The SMILES string of the molecule is CCOC(=O)/C=C/c1ccc(NC(=O)CSc2ccccc2F)cc1. The van der Waals surface area contributed by atoms with Gasteiger partial charge in [-0.1, -0.05) is 24.3 Å². The van der Waals surface area contributed by atoms with Crippen LogP contribution in [0.15, 0.2) is 59.5 Å². The molecule has 2 aromatic rings. The molecule has 0 heterocycles. The van der Waals surface area contributed by atoms with Crippen molar-refractivity contribution in [3.05, 3.63) is 66.0 Å². The number of thioether (sulfide) groups is 1. The van der Waals surface area contributed by atoms with Crippen LogP contribution in [0.5, 0.6) is 0 Å². The molecule has 1 N–H and O–H groups in total. The van der Waals surface area contributed by atoms with E-state index in [1.54, 1.807) is 55.5 Å². The monoisotopic (exact) mass is 359 g/mol. The van der Waals surface area contributed by atoms with E-state index in [0.29, 0.717) is 17.2 Å². The molecule has 2 rings (SSSR count). The highest BCUT2D eigenvalue weighted by atomic mass is 32.2.